The maximum absolute atomic E-state index is 12.5. The van der Waals surface area contributed by atoms with Crippen LogP contribution in [0.5, 0.6) is 0 Å². The van der Waals surface area contributed by atoms with Gasteiger partial charge in [0.25, 0.3) is 0 Å². The van der Waals surface area contributed by atoms with Gasteiger partial charge in [0.15, 0.2) is 5.92 Å². The largest absolute Gasteiger partial charge is 0.465 e. The molecule has 0 aliphatic heterocycles. The number of carbonyl (C=O) groups excluding carboxylic acids is 3. The number of hydrogen-bond acceptors (Lipinski definition) is 5. The maximum atomic E-state index is 12.5. The summed E-state index contributed by atoms with van der Waals surface area (Å²) in [6.45, 7) is 3.79. The average Bonchev–Trinajstić information content (AvgIpc) is 2.99. The molecule has 5 heteroatoms. The molecule has 1 aromatic rings. The molecule has 0 N–H and O–H groups in total. The lowest BCUT2D eigenvalue weighted by Gasteiger charge is -2.28. The fraction of sp³-hybridized carbons (Fsp3) is 0.550. The molecular formula is C20H26O5. The van der Waals surface area contributed by atoms with E-state index in [1.807, 2.05) is 30.3 Å². The lowest BCUT2D eigenvalue weighted by Crippen LogP contribution is -2.39. The number of hydrogen-bond donors (Lipinski definition) is 0. The van der Waals surface area contributed by atoms with Gasteiger partial charge in [-0.15, -0.1) is 0 Å². The van der Waals surface area contributed by atoms with E-state index in [9.17, 15) is 14.4 Å². The quantitative estimate of drug-likeness (QED) is 0.411. The molecule has 0 spiro atoms. The van der Waals surface area contributed by atoms with Crippen LogP contribution in [0.2, 0.25) is 0 Å². The number of rotatable bonds is 8. The van der Waals surface area contributed by atoms with Crippen molar-refractivity contribution in [1.82, 2.24) is 0 Å². The second-order valence-electron chi connectivity index (χ2n) is 6.39. The van der Waals surface area contributed by atoms with E-state index in [1.54, 1.807) is 13.8 Å². The molecule has 2 rings (SSSR count). The Hall–Kier alpha value is -2.17. The number of aldehydes is 1. The molecule has 1 aromatic carbocycles. The van der Waals surface area contributed by atoms with Crippen LogP contribution in [0.3, 0.4) is 0 Å². The van der Waals surface area contributed by atoms with Crippen molar-refractivity contribution in [2.45, 2.75) is 33.1 Å². The van der Waals surface area contributed by atoms with E-state index < -0.39 is 17.9 Å². The molecule has 0 bridgehead atoms. The van der Waals surface area contributed by atoms with Crippen LogP contribution >= 0.6 is 0 Å². The van der Waals surface area contributed by atoms with Gasteiger partial charge < -0.3 is 14.3 Å². The molecule has 5 nitrogen and oxygen atoms in total. The van der Waals surface area contributed by atoms with Gasteiger partial charge in [-0.05, 0) is 50.5 Å². The van der Waals surface area contributed by atoms with Crippen molar-refractivity contribution in [2.24, 2.45) is 23.7 Å². The van der Waals surface area contributed by atoms with Crippen LogP contribution < -0.4 is 0 Å². The van der Waals surface area contributed by atoms with Crippen LogP contribution in [0.25, 0.3) is 0 Å². The Kier molecular flexibility index (Phi) is 7.16. The highest BCUT2D eigenvalue weighted by atomic mass is 16.6. The first-order valence-corrected chi connectivity index (χ1v) is 8.94. The van der Waals surface area contributed by atoms with Gasteiger partial charge in [-0.3, -0.25) is 9.59 Å². The van der Waals surface area contributed by atoms with Gasteiger partial charge in [-0.25, -0.2) is 0 Å². The highest BCUT2D eigenvalue weighted by Gasteiger charge is 2.48. The Bertz CT molecular complexity index is 565. The molecule has 1 saturated carbocycles. The van der Waals surface area contributed by atoms with E-state index in [4.69, 9.17) is 9.47 Å². The fourth-order valence-corrected chi connectivity index (χ4v) is 3.85. The molecule has 0 unspecified atom stereocenters. The molecule has 0 amide bonds. The minimum Gasteiger partial charge on any atom is -0.465 e. The van der Waals surface area contributed by atoms with E-state index in [2.05, 4.69) is 0 Å². The minimum atomic E-state index is -1.04. The average molecular weight is 346 g/mol. The molecule has 1 fully saturated rings. The van der Waals surface area contributed by atoms with Crippen LogP contribution in [-0.4, -0.2) is 31.4 Å². The van der Waals surface area contributed by atoms with Gasteiger partial charge >= 0.3 is 11.9 Å². The number of benzene rings is 1. The van der Waals surface area contributed by atoms with Crippen molar-refractivity contribution in [3.05, 3.63) is 35.9 Å². The summed E-state index contributed by atoms with van der Waals surface area (Å²) in [5, 5.41) is 0. The molecule has 25 heavy (non-hydrogen) atoms. The molecule has 3 atom stereocenters. The number of ether oxygens (including phenoxy) is 2. The standard InChI is InChI=1S/C20H26O5/c1-3-24-19(22)18(20(23)25-4-2)17-15(10-11-16(17)13-21)12-14-8-6-5-7-9-14/h5-9,13,15-18H,3-4,10-12H2,1-2H3/t15-,16+,17-/m0/s1. The Labute approximate surface area is 148 Å². The second-order valence-corrected chi connectivity index (χ2v) is 6.39. The van der Waals surface area contributed by atoms with Crippen molar-refractivity contribution < 1.29 is 23.9 Å². The Balaban J connectivity index is 2.29. The summed E-state index contributed by atoms with van der Waals surface area (Å²) in [7, 11) is 0. The zero-order chi connectivity index (χ0) is 18.2. The van der Waals surface area contributed by atoms with Crippen LogP contribution in [-0.2, 0) is 30.3 Å². The normalized spacial score (nSPS) is 22.6. The zero-order valence-electron chi connectivity index (χ0n) is 14.9. The highest BCUT2D eigenvalue weighted by molar-refractivity contribution is 5.95. The lowest BCUT2D eigenvalue weighted by molar-refractivity contribution is -0.166. The summed E-state index contributed by atoms with van der Waals surface area (Å²) in [4.78, 5) is 36.5. The van der Waals surface area contributed by atoms with Crippen molar-refractivity contribution in [1.29, 1.82) is 0 Å². The van der Waals surface area contributed by atoms with Crippen molar-refractivity contribution in [3.63, 3.8) is 0 Å². The van der Waals surface area contributed by atoms with Crippen molar-refractivity contribution in [3.8, 4) is 0 Å². The Morgan fingerprint density at radius 2 is 1.68 bits per heavy atom. The zero-order valence-corrected chi connectivity index (χ0v) is 14.9. The summed E-state index contributed by atoms with van der Waals surface area (Å²) in [6.07, 6.45) is 3.09. The molecule has 0 saturated heterocycles. The van der Waals surface area contributed by atoms with Gasteiger partial charge in [0.2, 0.25) is 0 Å². The third-order valence-corrected chi connectivity index (χ3v) is 4.89. The molecule has 1 aliphatic carbocycles. The number of carbonyl (C=O) groups is 3. The topological polar surface area (TPSA) is 69.7 Å². The Morgan fingerprint density at radius 3 is 2.20 bits per heavy atom. The highest BCUT2D eigenvalue weighted by Crippen LogP contribution is 2.43. The van der Waals surface area contributed by atoms with E-state index in [0.29, 0.717) is 6.42 Å². The van der Waals surface area contributed by atoms with Gasteiger partial charge in [0.1, 0.15) is 6.29 Å². The molecule has 0 heterocycles. The summed E-state index contributed by atoms with van der Waals surface area (Å²) < 4.78 is 10.2. The molecule has 1 aliphatic rings. The summed E-state index contributed by atoms with van der Waals surface area (Å²) in [5.41, 5.74) is 1.13. The Morgan fingerprint density at radius 1 is 1.08 bits per heavy atom. The molecular weight excluding hydrogens is 320 g/mol. The van der Waals surface area contributed by atoms with Gasteiger partial charge in [-0.2, -0.15) is 0 Å². The van der Waals surface area contributed by atoms with Gasteiger partial charge in [0.05, 0.1) is 13.2 Å². The first kappa shape index (κ1) is 19.2. The van der Waals surface area contributed by atoms with Crippen LogP contribution in [0, 0.1) is 23.7 Å². The smallest absolute Gasteiger partial charge is 0.320 e. The molecule has 0 radical (unpaired) electrons. The van der Waals surface area contributed by atoms with Crippen molar-refractivity contribution in [2.75, 3.05) is 13.2 Å². The van der Waals surface area contributed by atoms with E-state index in [0.717, 1.165) is 24.7 Å². The van der Waals surface area contributed by atoms with Crippen LogP contribution in [0.4, 0.5) is 0 Å². The SMILES string of the molecule is CCOC(=O)C(C(=O)OCC)[C@H]1[C@H](Cc2ccccc2)CC[C@@H]1C=O. The monoisotopic (exact) mass is 346 g/mol. The third-order valence-electron chi connectivity index (χ3n) is 4.89. The van der Waals surface area contributed by atoms with E-state index in [-0.39, 0.29) is 31.0 Å². The predicted octanol–water partition coefficient (Wildman–Crippen LogP) is 2.81. The van der Waals surface area contributed by atoms with Gasteiger partial charge in [-0.1, -0.05) is 30.3 Å². The minimum absolute atomic E-state index is 0.0661. The summed E-state index contributed by atoms with van der Waals surface area (Å²) in [5.74, 6) is -2.85. The lowest BCUT2D eigenvalue weighted by atomic mass is 9.77. The first-order valence-electron chi connectivity index (χ1n) is 8.94. The van der Waals surface area contributed by atoms with Crippen LogP contribution in [0.1, 0.15) is 32.3 Å². The fourth-order valence-electron chi connectivity index (χ4n) is 3.85. The van der Waals surface area contributed by atoms with Gasteiger partial charge in [0, 0.05) is 5.92 Å². The summed E-state index contributed by atoms with van der Waals surface area (Å²) >= 11 is 0. The number of esters is 2. The van der Waals surface area contributed by atoms with E-state index in [1.165, 1.54) is 0 Å². The molecule has 136 valence electrons. The third kappa shape index (κ3) is 4.68. The van der Waals surface area contributed by atoms with Crippen molar-refractivity contribution >= 4 is 18.2 Å². The molecule has 0 aromatic heterocycles. The van der Waals surface area contributed by atoms with Crippen LogP contribution in [0.15, 0.2) is 30.3 Å². The van der Waals surface area contributed by atoms with E-state index >= 15 is 0 Å². The first-order chi connectivity index (χ1) is 12.1. The predicted molar refractivity (Wildman–Crippen MR) is 92.7 cm³/mol. The second kappa shape index (κ2) is 9.35. The maximum Gasteiger partial charge on any atom is 0.320 e. The summed E-state index contributed by atoms with van der Waals surface area (Å²) in [6, 6.07) is 9.92.